The van der Waals surface area contributed by atoms with Gasteiger partial charge in [0.25, 0.3) is 0 Å². The Morgan fingerprint density at radius 3 is 2.67 bits per heavy atom. The van der Waals surface area contributed by atoms with E-state index in [1.807, 2.05) is 47.2 Å². The third-order valence-corrected chi connectivity index (χ3v) is 3.71. The number of hydrogen-bond donors (Lipinski definition) is 1. The minimum absolute atomic E-state index is 0.129. The van der Waals surface area contributed by atoms with E-state index < -0.39 is 0 Å². The second-order valence-corrected chi connectivity index (χ2v) is 5.51. The number of carbonyl (C=O) groups excluding carboxylic acids is 1. The fourth-order valence-corrected chi connectivity index (χ4v) is 2.36. The van der Waals surface area contributed by atoms with Gasteiger partial charge in [-0.2, -0.15) is 0 Å². The second-order valence-electron chi connectivity index (χ2n) is 5.51. The van der Waals surface area contributed by atoms with Crippen LogP contribution in [0.5, 0.6) is 5.75 Å². The van der Waals surface area contributed by atoms with E-state index >= 15 is 0 Å². The van der Waals surface area contributed by atoms with Gasteiger partial charge in [0.05, 0.1) is 12.6 Å². The van der Waals surface area contributed by atoms with Crippen molar-refractivity contribution in [2.75, 3.05) is 39.8 Å². The van der Waals surface area contributed by atoms with Crippen LogP contribution in [0, 0.1) is 0 Å². The van der Waals surface area contributed by atoms with Gasteiger partial charge < -0.3 is 14.7 Å². The molecule has 1 aliphatic heterocycles. The molecule has 0 radical (unpaired) electrons. The number of hydrogen-bond acceptors (Lipinski definition) is 4. The Hall–Kier alpha value is -1.59. The van der Waals surface area contributed by atoms with Gasteiger partial charge in [-0.15, -0.1) is 0 Å². The van der Waals surface area contributed by atoms with Crippen molar-refractivity contribution in [3.63, 3.8) is 0 Å². The summed E-state index contributed by atoms with van der Waals surface area (Å²) in [5.74, 6) is 0.978. The van der Waals surface area contributed by atoms with Gasteiger partial charge in [0.2, 0.25) is 5.91 Å². The summed E-state index contributed by atoms with van der Waals surface area (Å²) in [7, 11) is 1.92. The van der Waals surface area contributed by atoms with Gasteiger partial charge in [0.1, 0.15) is 12.4 Å². The maximum Gasteiger partial charge on any atom is 0.236 e. The molecule has 0 aromatic heterocycles. The van der Waals surface area contributed by atoms with Gasteiger partial charge in [-0.25, -0.2) is 0 Å². The van der Waals surface area contributed by atoms with Crippen molar-refractivity contribution in [3.8, 4) is 5.75 Å². The maximum absolute atomic E-state index is 12.1. The SMILES string of the molecule is CN(CCOc1ccccc1)CC(=O)N1CCC(O)CC1. The Labute approximate surface area is 126 Å². The largest absolute Gasteiger partial charge is 0.492 e. The van der Waals surface area contributed by atoms with Crippen molar-refractivity contribution in [2.45, 2.75) is 18.9 Å². The first-order chi connectivity index (χ1) is 10.1. The van der Waals surface area contributed by atoms with Crippen LogP contribution in [0.1, 0.15) is 12.8 Å². The lowest BCUT2D eigenvalue weighted by Gasteiger charge is -2.31. The number of rotatable bonds is 6. The van der Waals surface area contributed by atoms with E-state index in [2.05, 4.69) is 0 Å². The molecule has 1 N–H and O–H groups in total. The van der Waals surface area contributed by atoms with Crippen LogP contribution in [0.3, 0.4) is 0 Å². The van der Waals surface area contributed by atoms with Crippen molar-refractivity contribution >= 4 is 5.91 Å². The third-order valence-electron chi connectivity index (χ3n) is 3.71. The number of benzene rings is 1. The number of ether oxygens (including phenoxy) is 1. The predicted molar refractivity (Wildman–Crippen MR) is 81.3 cm³/mol. The molecule has 1 aromatic carbocycles. The highest BCUT2D eigenvalue weighted by atomic mass is 16.5. The second kappa shape index (κ2) is 8.00. The summed E-state index contributed by atoms with van der Waals surface area (Å²) < 4.78 is 5.62. The molecule has 0 bridgehead atoms. The normalized spacial score (nSPS) is 16.2. The highest BCUT2D eigenvalue weighted by Crippen LogP contribution is 2.10. The van der Waals surface area contributed by atoms with Crippen LogP contribution in [0.25, 0.3) is 0 Å². The topological polar surface area (TPSA) is 53.0 Å². The van der Waals surface area contributed by atoms with Gasteiger partial charge in [-0.1, -0.05) is 18.2 Å². The van der Waals surface area contributed by atoms with Crippen molar-refractivity contribution in [2.24, 2.45) is 0 Å². The lowest BCUT2D eigenvalue weighted by molar-refractivity contribution is -0.134. The van der Waals surface area contributed by atoms with Crippen LogP contribution in [0.2, 0.25) is 0 Å². The predicted octanol–water partition coefficient (Wildman–Crippen LogP) is 0.980. The zero-order valence-electron chi connectivity index (χ0n) is 12.6. The van der Waals surface area contributed by atoms with Crippen LogP contribution in [0.15, 0.2) is 30.3 Å². The smallest absolute Gasteiger partial charge is 0.236 e. The molecule has 1 saturated heterocycles. The highest BCUT2D eigenvalue weighted by molar-refractivity contribution is 5.78. The summed E-state index contributed by atoms with van der Waals surface area (Å²) in [4.78, 5) is 15.9. The maximum atomic E-state index is 12.1. The Kier molecular flexibility index (Phi) is 6.02. The number of nitrogens with zero attached hydrogens (tertiary/aromatic N) is 2. The number of aliphatic hydroxyl groups excluding tert-OH is 1. The van der Waals surface area contributed by atoms with E-state index in [1.54, 1.807) is 0 Å². The fourth-order valence-electron chi connectivity index (χ4n) is 2.36. The molecule has 1 heterocycles. The zero-order valence-corrected chi connectivity index (χ0v) is 12.6. The average molecular weight is 292 g/mol. The number of likely N-dealkylation sites (N-methyl/N-ethyl adjacent to an activating group) is 1. The molecule has 116 valence electrons. The van der Waals surface area contributed by atoms with Crippen LogP contribution >= 0.6 is 0 Å². The average Bonchev–Trinajstić information content (AvgIpc) is 2.49. The first-order valence-corrected chi connectivity index (χ1v) is 7.47. The van der Waals surface area contributed by atoms with Crippen molar-refractivity contribution in [3.05, 3.63) is 30.3 Å². The minimum Gasteiger partial charge on any atom is -0.492 e. The number of piperidine rings is 1. The fraction of sp³-hybridized carbons (Fsp3) is 0.562. The van der Waals surface area contributed by atoms with Crippen molar-refractivity contribution in [1.82, 2.24) is 9.80 Å². The highest BCUT2D eigenvalue weighted by Gasteiger charge is 2.21. The van der Waals surface area contributed by atoms with E-state index in [1.165, 1.54) is 0 Å². The lowest BCUT2D eigenvalue weighted by atomic mass is 10.1. The van der Waals surface area contributed by atoms with Crippen molar-refractivity contribution in [1.29, 1.82) is 0 Å². The number of carbonyl (C=O) groups is 1. The third kappa shape index (κ3) is 5.36. The summed E-state index contributed by atoms with van der Waals surface area (Å²) in [6.07, 6.45) is 1.13. The molecule has 0 unspecified atom stereocenters. The summed E-state index contributed by atoms with van der Waals surface area (Å²) in [6.45, 7) is 2.99. The molecule has 0 spiro atoms. The Balaban J connectivity index is 1.64. The number of likely N-dealkylation sites (tertiary alicyclic amines) is 1. The van der Waals surface area contributed by atoms with E-state index in [0.29, 0.717) is 45.6 Å². The molecule has 5 nitrogen and oxygen atoms in total. The van der Waals surface area contributed by atoms with Crippen LogP contribution < -0.4 is 4.74 Å². The Morgan fingerprint density at radius 2 is 2.00 bits per heavy atom. The van der Waals surface area contributed by atoms with Crippen LogP contribution in [-0.4, -0.2) is 66.8 Å². The van der Waals surface area contributed by atoms with Gasteiger partial charge in [-0.05, 0) is 32.0 Å². The van der Waals surface area contributed by atoms with E-state index in [-0.39, 0.29) is 12.0 Å². The number of para-hydroxylation sites is 1. The molecule has 0 atom stereocenters. The zero-order chi connectivity index (χ0) is 15.1. The molecule has 0 aliphatic carbocycles. The molecule has 0 saturated carbocycles. The molecule has 1 fully saturated rings. The molecule has 5 heteroatoms. The quantitative estimate of drug-likeness (QED) is 0.849. The summed E-state index contributed by atoms with van der Waals surface area (Å²) in [6, 6.07) is 9.67. The van der Waals surface area contributed by atoms with E-state index in [9.17, 15) is 9.90 Å². The number of amides is 1. The van der Waals surface area contributed by atoms with Crippen LogP contribution in [0.4, 0.5) is 0 Å². The van der Waals surface area contributed by atoms with Gasteiger partial charge >= 0.3 is 0 Å². The molecule has 1 amide bonds. The Bertz CT molecular complexity index is 430. The van der Waals surface area contributed by atoms with E-state index in [4.69, 9.17) is 4.74 Å². The summed E-state index contributed by atoms with van der Waals surface area (Å²) in [5, 5.41) is 9.45. The summed E-state index contributed by atoms with van der Waals surface area (Å²) in [5.41, 5.74) is 0. The summed E-state index contributed by atoms with van der Waals surface area (Å²) >= 11 is 0. The lowest BCUT2D eigenvalue weighted by Crippen LogP contribution is -2.44. The number of aliphatic hydroxyl groups is 1. The first-order valence-electron chi connectivity index (χ1n) is 7.47. The standard InChI is InChI=1S/C16H24N2O3/c1-17(11-12-21-15-5-3-2-4-6-15)13-16(20)18-9-7-14(19)8-10-18/h2-6,14,19H,7-13H2,1H3. The molecule has 2 rings (SSSR count). The van der Waals surface area contributed by atoms with Crippen molar-refractivity contribution < 1.29 is 14.6 Å². The molecule has 1 aliphatic rings. The molecular weight excluding hydrogens is 268 g/mol. The van der Waals surface area contributed by atoms with Crippen LogP contribution in [-0.2, 0) is 4.79 Å². The Morgan fingerprint density at radius 1 is 1.33 bits per heavy atom. The van der Waals surface area contributed by atoms with E-state index in [0.717, 1.165) is 5.75 Å². The monoisotopic (exact) mass is 292 g/mol. The minimum atomic E-state index is -0.244. The van der Waals surface area contributed by atoms with Gasteiger partial charge in [-0.3, -0.25) is 9.69 Å². The molecule has 1 aromatic rings. The molecule has 21 heavy (non-hydrogen) atoms. The first kappa shape index (κ1) is 15.8. The van der Waals surface area contributed by atoms with Gasteiger partial charge in [0, 0.05) is 19.6 Å². The van der Waals surface area contributed by atoms with Gasteiger partial charge in [0.15, 0.2) is 0 Å². The molecular formula is C16H24N2O3.